The van der Waals surface area contributed by atoms with E-state index in [2.05, 4.69) is 10.3 Å². The van der Waals surface area contributed by atoms with Gasteiger partial charge in [-0.15, -0.1) is 0 Å². The number of nitrogens with one attached hydrogen (secondary N) is 1. The molecule has 1 saturated heterocycles. The smallest absolute Gasteiger partial charge is 0.274 e. The van der Waals surface area contributed by atoms with Crippen LogP contribution < -0.4 is 5.32 Å². The standard InChI is InChI=1S/C10H16N4O/c1-8-5-11-3-4-14(8)10(15)9-6-13(2)7-12-9/h6-8,11H,3-5H2,1-2H3. The number of piperazine rings is 1. The summed E-state index contributed by atoms with van der Waals surface area (Å²) in [6.45, 7) is 4.53. The maximum Gasteiger partial charge on any atom is 0.274 e. The fraction of sp³-hybridized carbons (Fsp3) is 0.600. The van der Waals surface area contributed by atoms with Gasteiger partial charge >= 0.3 is 0 Å². The van der Waals surface area contributed by atoms with Crippen molar-refractivity contribution in [2.45, 2.75) is 13.0 Å². The normalized spacial score (nSPS) is 21.7. The topological polar surface area (TPSA) is 50.2 Å². The van der Waals surface area contributed by atoms with Crippen LogP contribution in [0.2, 0.25) is 0 Å². The Labute approximate surface area is 89.1 Å². The molecule has 2 heterocycles. The van der Waals surface area contributed by atoms with Crippen LogP contribution in [0.3, 0.4) is 0 Å². The van der Waals surface area contributed by atoms with Crippen molar-refractivity contribution >= 4 is 5.91 Å². The van der Waals surface area contributed by atoms with Gasteiger partial charge in [0.05, 0.1) is 6.33 Å². The number of amides is 1. The molecule has 1 aromatic rings. The number of hydrogen-bond acceptors (Lipinski definition) is 3. The van der Waals surface area contributed by atoms with Crippen molar-refractivity contribution in [2.24, 2.45) is 7.05 Å². The quantitative estimate of drug-likeness (QED) is 0.698. The Morgan fingerprint density at radius 2 is 2.47 bits per heavy atom. The molecule has 82 valence electrons. The lowest BCUT2D eigenvalue weighted by molar-refractivity contribution is 0.0650. The summed E-state index contributed by atoms with van der Waals surface area (Å²) in [6.07, 6.45) is 3.41. The summed E-state index contributed by atoms with van der Waals surface area (Å²) < 4.78 is 1.79. The van der Waals surface area contributed by atoms with Gasteiger partial charge in [-0.1, -0.05) is 0 Å². The van der Waals surface area contributed by atoms with E-state index in [1.54, 1.807) is 17.1 Å². The van der Waals surface area contributed by atoms with Gasteiger partial charge in [0.25, 0.3) is 5.91 Å². The SMILES string of the molecule is CC1CNCCN1C(=O)c1cn(C)cn1. The molecule has 0 saturated carbocycles. The van der Waals surface area contributed by atoms with E-state index < -0.39 is 0 Å². The Kier molecular flexibility index (Phi) is 2.73. The van der Waals surface area contributed by atoms with E-state index in [4.69, 9.17) is 0 Å². The van der Waals surface area contributed by atoms with Crippen molar-refractivity contribution < 1.29 is 4.79 Å². The van der Waals surface area contributed by atoms with E-state index in [9.17, 15) is 4.79 Å². The number of imidazole rings is 1. The van der Waals surface area contributed by atoms with Gasteiger partial charge in [0, 0.05) is 38.9 Å². The molecule has 1 aliphatic heterocycles. The van der Waals surface area contributed by atoms with Gasteiger partial charge < -0.3 is 14.8 Å². The highest BCUT2D eigenvalue weighted by atomic mass is 16.2. The minimum Gasteiger partial charge on any atom is -0.340 e. The van der Waals surface area contributed by atoms with Crippen molar-refractivity contribution in [2.75, 3.05) is 19.6 Å². The predicted octanol–water partition coefficient (Wildman–Crippen LogP) is -0.146. The second-order valence-corrected chi connectivity index (χ2v) is 3.98. The zero-order valence-corrected chi connectivity index (χ0v) is 9.10. The zero-order valence-electron chi connectivity index (χ0n) is 9.10. The molecule has 1 fully saturated rings. The number of rotatable bonds is 1. The molecule has 1 aliphatic rings. The van der Waals surface area contributed by atoms with Crippen LogP contribution >= 0.6 is 0 Å². The third kappa shape index (κ3) is 2.02. The molecule has 0 radical (unpaired) electrons. The zero-order chi connectivity index (χ0) is 10.8. The van der Waals surface area contributed by atoms with Crippen molar-refractivity contribution in [3.63, 3.8) is 0 Å². The number of carbonyl (C=O) groups is 1. The monoisotopic (exact) mass is 208 g/mol. The van der Waals surface area contributed by atoms with E-state index in [0.29, 0.717) is 5.69 Å². The molecule has 1 unspecified atom stereocenters. The van der Waals surface area contributed by atoms with Crippen LogP contribution in [0.1, 0.15) is 17.4 Å². The summed E-state index contributed by atoms with van der Waals surface area (Å²) in [6, 6.07) is 0.244. The summed E-state index contributed by atoms with van der Waals surface area (Å²) in [5, 5.41) is 3.26. The van der Waals surface area contributed by atoms with Crippen LogP contribution in [-0.4, -0.2) is 46.0 Å². The van der Waals surface area contributed by atoms with Gasteiger partial charge in [0.1, 0.15) is 5.69 Å². The van der Waals surface area contributed by atoms with Crippen LogP contribution in [0.15, 0.2) is 12.5 Å². The second-order valence-electron chi connectivity index (χ2n) is 3.98. The third-order valence-corrected chi connectivity index (χ3v) is 2.69. The lowest BCUT2D eigenvalue weighted by Crippen LogP contribution is -2.52. The minimum atomic E-state index is 0.0320. The first-order valence-corrected chi connectivity index (χ1v) is 5.18. The van der Waals surface area contributed by atoms with E-state index in [-0.39, 0.29) is 11.9 Å². The van der Waals surface area contributed by atoms with Gasteiger partial charge in [-0.3, -0.25) is 4.79 Å². The molecule has 0 spiro atoms. The molecular formula is C10H16N4O. The molecule has 15 heavy (non-hydrogen) atoms. The number of aromatic nitrogens is 2. The highest BCUT2D eigenvalue weighted by Gasteiger charge is 2.25. The van der Waals surface area contributed by atoms with E-state index >= 15 is 0 Å². The summed E-state index contributed by atoms with van der Waals surface area (Å²) in [4.78, 5) is 18.0. The van der Waals surface area contributed by atoms with Gasteiger partial charge in [0.2, 0.25) is 0 Å². The Hall–Kier alpha value is -1.36. The molecule has 1 N–H and O–H groups in total. The minimum absolute atomic E-state index is 0.0320. The lowest BCUT2D eigenvalue weighted by atomic mass is 10.2. The molecule has 0 aliphatic carbocycles. The molecule has 5 heteroatoms. The molecule has 1 atom stereocenters. The molecule has 5 nitrogen and oxygen atoms in total. The third-order valence-electron chi connectivity index (χ3n) is 2.69. The second kappa shape index (κ2) is 4.02. The fourth-order valence-corrected chi connectivity index (χ4v) is 1.81. The first kappa shape index (κ1) is 10.2. The van der Waals surface area contributed by atoms with E-state index in [1.807, 2.05) is 18.9 Å². The summed E-state index contributed by atoms with van der Waals surface area (Å²) in [5.74, 6) is 0.0320. The fourth-order valence-electron chi connectivity index (χ4n) is 1.81. The predicted molar refractivity (Wildman–Crippen MR) is 56.6 cm³/mol. The molecule has 0 aromatic carbocycles. The highest BCUT2D eigenvalue weighted by Crippen LogP contribution is 2.08. The Morgan fingerprint density at radius 1 is 1.67 bits per heavy atom. The van der Waals surface area contributed by atoms with E-state index in [1.165, 1.54) is 0 Å². The molecule has 2 rings (SSSR count). The average Bonchev–Trinajstić information content (AvgIpc) is 2.65. The molecule has 1 aromatic heterocycles. The average molecular weight is 208 g/mol. The maximum atomic E-state index is 12.0. The highest BCUT2D eigenvalue weighted by molar-refractivity contribution is 5.92. The van der Waals surface area contributed by atoms with Gasteiger partial charge in [-0.05, 0) is 6.92 Å². The number of hydrogen-bond donors (Lipinski definition) is 1. The van der Waals surface area contributed by atoms with Crippen LogP contribution in [0, 0.1) is 0 Å². The summed E-state index contributed by atoms with van der Waals surface area (Å²) >= 11 is 0. The first-order valence-electron chi connectivity index (χ1n) is 5.18. The first-order chi connectivity index (χ1) is 7.18. The van der Waals surface area contributed by atoms with Crippen LogP contribution in [0.25, 0.3) is 0 Å². The Bertz CT molecular complexity index is 360. The van der Waals surface area contributed by atoms with Crippen molar-refractivity contribution in [3.8, 4) is 0 Å². The summed E-state index contributed by atoms with van der Waals surface area (Å²) in [5.41, 5.74) is 0.534. The van der Waals surface area contributed by atoms with Gasteiger partial charge in [-0.25, -0.2) is 4.98 Å². The lowest BCUT2D eigenvalue weighted by Gasteiger charge is -2.33. The number of aryl methyl sites for hydroxylation is 1. The number of nitrogens with zero attached hydrogens (tertiary/aromatic N) is 3. The van der Waals surface area contributed by atoms with Crippen LogP contribution in [-0.2, 0) is 7.05 Å². The molecule has 1 amide bonds. The van der Waals surface area contributed by atoms with Crippen molar-refractivity contribution in [1.82, 2.24) is 19.8 Å². The molecule has 0 bridgehead atoms. The Morgan fingerprint density at radius 3 is 3.07 bits per heavy atom. The van der Waals surface area contributed by atoms with Crippen molar-refractivity contribution in [1.29, 1.82) is 0 Å². The maximum absolute atomic E-state index is 12.0. The van der Waals surface area contributed by atoms with E-state index in [0.717, 1.165) is 19.6 Å². The van der Waals surface area contributed by atoms with Crippen LogP contribution in [0.4, 0.5) is 0 Å². The largest absolute Gasteiger partial charge is 0.340 e. The number of carbonyl (C=O) groups excluding carboxylic acids is 1. The van der Waals surface area contributed by atoms with Gasteiger partial charge in [0.15, 0.2) is 0 Å². The molecular weight excluding hydrogens is 192 g/mol. The Balaban J connectivity index is 2.13. The van der Waals surface area contributed by atoms with Gasteiger partial charge in [-0.2, -0.15) is 0 Å². The summed E-state index contributed by atoms with van der Waals surface area (Å²) in [7, 11) is 1.87. The van der Waals surface area contributed by atoms with Crippen molar-refractivity contribution in [3.05, 3.63) is 18.2 Å². The van der Waals surface area contributed by atoms with Crippen LogP contribution in [0.5, 0.6) is 0 Å².